The molecule has 0 fully saturated rings. The summed E-state index contributed by atoms with van der Waals surface area (Å²) in [5, 5.41) is 14.3. The van der Waals surface area contributed by atoms with E-state index in [0.29, 0.717) is 0 Å². The number of amides is 2. The van der Waals surface area contributed by atoms with E-state index in [1.54, 1.807) is 36.4 Å². The number of hydrogen-bond donors (Lipinski definition) is 3. The van der Waals surface area contributed by atoms with Crippen LogP contribution in [0.1, 0.15) is 24.0 Å². The fourth-order valence-electron chi connectivity index (χ4n) is 2.86. The molecule has 0 bridgehead atoms. The van der Waals surface area contributed by atoms with Crippen LogP contribution in [0, 0.1) is 0 Å². The van der Waals surface area contributed by atoms with Gasteiger partial charge in [0.05, 0.1) is 7.11 Å². The van der Waals surface area contributed by atoms with Gasteiger partial charge in [0.15, 0.2) is 0 Å². The van der Waals surface area contributed by atoms with Crippen molar-refractivity contribution in [3.63, 3.8) is 0 Å². The number of benzene rings is 2. The highest BCUT2D eigenvalue weighted by molar-refractivity contribution is 5.89. The molecule has 170 valence electrons. The first kappa shape index (κ1) is 24.4. The summed E-state index contributed by atoms with van der Waals surface area (Å²) in [6.07, 6.45) is -1.02. The van der Waals surface area contributed by atoms with Gasteiger partial charge in [0, 0.05) is 12.8 Å². The van der Waals surface area contributed by atoms with Gasteiger partial charge in [0.25, 0.3) is 0 Å². The van der Waals surface area contributed by atoms with Gasteiger partial charge >= 0.3 is 18.0 Å². The summed E-state index contributed by atoms with van der Waals surface area (Å²) in [6, 6.07) is 15.6. The Morgan fingerprint density at radius 3 is 2.03 bits per heavy atom. The van der Waals surface area contributed by atoms with Crippen LogP contribution in [-0.2, 0) is 36.9 Å². The fourth-order valence-corrected chi connectivity index (χ4v) is 2.86. The van der Waals surface area contributed by atoms with Crippen molar-refractivity contribution in [3.8, 4) is 0 Å². The second kappa shape index (κ2) is 12.7. The summed E-state index contributed by atoms with van der Waals surface area (Å²) in [4.78, 5) is 48.0. The van der Waals surface area contributed by atoms with Gasteiger partial charge in [-0.3, -0.25) is 9.59 Å². The minimum atomic E-state index is -1.32. The van der Waals surface area contributed by atoms with Crippen LogP contribution < -0.4 is 10.6 Å². The number of methoxy groups -OCH3 is 1. The van der Waals surface area contributed by atoms with E-state index in [4.69, 9.17) is 4.74 Å². The van der Waals surface area contributed by atoms with Crippen molar-refractivity contribution in [1.29, 1.82) is 0 Å². The van der Waals surface area contributed by atoms with E-state index < -0.39 is 36.0 Å². The van der Waals surface area contributed by atoms with Crippen molar-refractivity contribution in [2.24, 2.45) is 0 Å². The zero-order valence-corrected chi connectivity index (χ0v) is 17.7. The Kier molecular flexibility index (Phi) is 9.70. The standard InChI is InChI=1S/C23H26N2O7/c1-31-20(26)13-12-18(22(28)29)24-21(27)19(14-16-8-4-2-5-9-16)25-23(30)32-15-17-10-6-3-7-11-17/h2-11,18-19H,12-15H2,1H3,(H,24,27)(H,25,30)(H,28,29)/t18-,19+/m1/s1. The third-order valence-corrected chi connectivity index (χ3v) is 4.58. The van der Waals surface area contributed by atoms with Crippen molar-refractivity contribution in [1.82, 2.24) is 10.6 Å². The van der Waals surface area contributed by atoms with Crippen molar-refractivity contribution in [3.05, 3.63) is 71.8 Å². The van der Waals surface area contributed by atoms with E-state index in [9.17, 15) is 24.3 Å². The molecule has 2 atom stereocenters. The van der Waals surface area contributed by atoms with Gasteiger partial charge in [-0.1, -0.05) is 60.7 Å². The fraction of sp³-hybridized carbons (Fsp3) is 0.304. The first-order valence-corrected chi connectivity index (χ1v) is 10.00. The number of esters is 1. The predicted octanol–water partition coefficient (Wildman–Crippen LogP) is 2.05. The maximum atomic E-state index is 12.8. The van der Waals surface area contributed by atoms with Gasteiger partial charge in [-0.15, -0.1) is 0 Å². The molecule has 0 aliphatic heterocycles. The summed E-state index contributed by atoms with van der Waals surface area (Å²) in [5.41, 5.74) is 1.54. The molecule has 0 saturated heterocycles. The smallest absolute Gasteiger partial charge is 0.408 e. The van der Waals surface area contributed by atoms with Gasteiger partial charge in [-0.05, 0) is 17.5 Å². The number of carboxylic acids is 1. The molecule has 9 heteroatoms. The van der Waals surface area contributed by atoms with Crippen molar-refractivity contribution >= 4 is 23.9 Å². The summed E-state index contributed by atoms with van der Waals surface area (Å²) < 4.78 is 9.69. The Labute approximate surface area is 185 Å². The van der Waals surface area contributed by atoms with Gasteiger partial charge in [-0.2, -0.15) is 0 Å². The van der Waals surface area contributed by atoms with Gasteiger partial charge < -0.3 is 25.2 Å². The molecule has 0 spiro atoms. The molecule has 0 saturated carbocycles. The van der Waals surface area contributed by atoms with Crippen LogP contribution >= 0.6 is 0 Å². The van der Waals surface area contributed by atoms with Gasteiger partial charge in [0.2, 0.25) is 5.91 Å². The van der Waals surface area contributed by atoms with E-state index in [1.807, 2.05) is 24.3 Å². The molecule has 2 aromatic carbocycles. The monoisotopic (exact) mass is 442 g/mol. The second-order valence-corrected chi connectivity index (χ2v) is 6.96. The van der Waals surface area contributed by atoms with Gasteiger partial charge in [0.1, 0.15) is 18.7 Å². The third kappa shape index (κ3) is 8.47. The zero-order valence-electron chi connectivity index (χ0n) is 17.7. The zero-order chi connectivity index (χ0) is 23.3. The molecular weight excluding hydrogens is 416 g/mol. The quantitative estimate of drug-likeness (QED) is 0.454. The van der Waals surface area contributed by atoms with E-state index >= 15 is 0 Å². The van der Waals surface area contributed by atoms with E-state index in [2.05, 4.69) is 15.4 Å². The minimum Gasteiger partial charge on any atom is -0.480 e. The Hall–Kier alpha value is -3.88. The number of hydrogen-bond acceptors (Lipinski definition) is 6. The molecule has 0 heterocycles. The first-order valence-electron chi connectivity index (χ1n) is 10.00. The van der Waals surface area contributed by atoms with Crippen LogP contribution in [0.3, 0.4) is 0 Å². The van der Waals surface area contributed by atoms with Crippen LogP contribution in [0.5, 0.6) is 0 Å². The second-order valence-electron chi connectivity index (χ2n) is 6.96. The summed E-state index contributed by atoms with van der Waals surface area (Å²) >= 11 is 0. The molecule has 3 N–H and O–H groups in total. The Bertz CT molecular complexity index is 903. The van der Waals surface area contributed by atoms with Crippen LogP contribution in [0.15, 0.2) is 60.7 Å². The normalized spacial score (nSPS) is 12.2. The molecule has 2 rings (SSSR count). The lowest BCUT2D eigenvalue weighted by atomic mass is 10.0. The van der Waals surface area contributed by atoms with E-state index in [0.717, 1.165) is 11.1 Å². The largest absolute Gasteiger partial charge is 0.480 e. The number of alkyl carbamates (subject to hydrolysis) is 1. The van der Waals surface area contributed by atoms with Crippen LogP contribution in [-0.4, -0.2) is 48.2 Å². The summed E-state index contributed by atoms with van der Waals surface area (Å²) in [5.74, 6) is -2.59. The Morgan fingerprint density at radius 2 is 1.47 bits per heavy atom. The molecule has 0 unspecified atom stereocenters. The van der Waals surface area contributed by atoms with Crippen LogP contribution in [0.4, 0.5) is 4.79 Å². The highest BCUT2D eigenvalue weighted by Gasteiger charge is 2.27. The summed E-state index contributed by atoms with van der Waals surface area (Å²) in [7, 11) is 1.19. The Morgan fingerprint density at radius 1 is 0.875 bits per heavy atom. The lowest BCUT2D eigenvalue weighted by molar-refractivity contribution is -0.144. The summed E-state index contributed by atoms with van der Waals surface area (Å²) in [6.45, 7) is 0.0171. The topological polar surface area (TPSA) is 131 Å². The SMILES string of the molecule is COC(=O)CC[C@@H](NC(=O)[C@H](Cc1ccccc1)NC(=O)OCc1ccccc1)C(=O)O. The number of ether oxygens (including phenoxy) is 2. The molecule has 2 amide bonds. The van der Waals surface area contributed by atoms with Crippen molar-refractivity contribution in [2.45, 2.75) is 38.0 Å². The van der Waals surface area contributed by atoms with Crippen molar-refractivity contribution < 1.29 is 33.8 Å². The third-order valence-electron chi connectivity index (χ3n) is 4.58. The number of carbonyl (C=O) groups is 4. The first-order chi connectivity index (χ1) is 15.4. The number of carboxylic acid groups (broad SMARTS) is 1. The average molecular weight is 442 g/mol. The lowest BCUT2D eigenvalue weighted by Crippen LogP contribution is -2.52. The van der Waals surface area contributed by atoms with Crippen molar-refractivity contribution in [2.75, 3.05) is 7.11 Å². The van der Waals surface area contributed by atoms with E-state index in [1.165, 1.54) is 7.11 Å². The Balaban J connectivity index is 2.05. The number of rotatable bonds is 11. The molecule has 0 aromatic heterocycles. The number of aliphatic carboxylic acids is 1. The average Bonchev–Trinajstić information content (AvgIpc) is 2.80. The highest BCUT2D eigenvalue weighted by atomic mass is 16.5. The molecule has 0 radical (unpaired) electrons. The molecule has 32 heavy (non-hydrogen) atoms. The number of carbonyl (C=O) groups excluding carboxylic acids is 3. The molecule has 9 nitrogen and oxygen atoms in total. The molecular formula is C23H26N2O7. The molecule has 0 aliphatic carbocycles. The number of nitrogens with one attached hydrogen (secondary N) is 2. The van der Waals surface area contributed by atoms with Crippen LogP contribution in [0.2, 0.25) is 0 Å². The highest BCUT2D eigenvalue weighted by Crippen LogP contribution is 2.07. The minimum absolute atomic E-state index is 0.0171. The van der Waals surface area contributed by atoms with E-state index in [-0.39, 0.29) is 25.9 Å². The molecule has 0 aliphatic rings. The lowest BCUT2D eigenvalue weighted by Gasteiger charge is -2.21. The maximum Gasteiger partial charge on any atom is 0.408 e. The van der Waals surface area contributed by atoms with Crippen LogP contribution in [0.25, 0.3) is 0 Å². The van der Waals surface area contributed by atoms with Gasteiger partial charge in [-0.25, -0.2) is 9.59 Å². The predicted molar refractivity (Wildman–Crippen MR) is 115 cm³/mol. The maximum absolute atomic E-state index is 12.8. The molecule has 2 aromatic rings.